The summed E-state index contributed by atoms with van der Waals surface area (Å²) in [7, 11) is 1.83. The van der Waals surface area contributed by atoms with E-state index in [0.29, 0.717) is 24.6 Å². The minimum atomic E-state index is -0.792. The summed E-state index contributed by atoms with van der Waals surface area (Å²) in [6.45, 7) is 1.18. The molecule has 1 heterocycles. The van der Waals surface area contributed by atoms with E-state index in [9.17, 15) is 9.59 Å². The van der Waals surface area contributed by atoms with Crippen LogP contribution in [0.15, 0.2) is 30.3 Å². The van der Waals surface area contributed by atoms with Crippen LogP contribution in [0.4, 0.5) is 10.6 Å². The number of carbonyl (C=O) groups is 2. The number of para-hydroxylation sites is 1. The van der Waals surface area contributed by atoms with Crippen molar-refractivity contribution < 1.29 is 14.3 Å². The number of hydrogen-bond donors (Lipinski definition) is 5. The predicted octanol–water partition coefficient (Wildman–Crippen LogP) is 1.29. The fraction of sp³-hybridized carbons (Fsp3) is 0.200. The number of nitrogens with one attached hydrogen (secondary N) is 3. The lowest BCUT2D eigenvalue weighted by atomic mass is 10.1. The topological polar surface area (TPSA) is 135 Å². The molecule has 7 N–H and O–H groups in total. The van der Waals surface area contributed by atoms with Crippen LogP contribution in [0.5, 0.6) is 5.75 Å². The van der Waals surface area contributed by atoms with E-state index in [1.807, 2.05) is 31.3 Å². The van der Waals surface area contributed by atoms with Gasteiger partial charge in [0.1, 0.15) is 18.2 Å². The number of carbonyl (C=O) groups excluding carboxylic acids is 2. The van der Waals surface area contributed by atoms with Gasteiger partial charge in [-0.1, -0.05) is 12.1 Å². The Morgan fingerprint density at radius 2 is 1.96 bits per heavy atom. The van der Waals surface area contributed by atoms with E-state index >= 15 is 0 Å². The van der Waals surface area contributed by atoms with Crippen molar-refractivity contribution in [1.29, 1.82) is 0 Å². The number of aromatic amines is 1. The molecule has 3 amide bonds. The third-order valence-electron chi connectivity index (χ3n) is 3.12. The number of urea groups is 1. The van der Waals surface area contributed by atoms with Crippen LogP contribution in [0.3, 0.4) is 0 Å². The minimum absolute atomic E-state index is 0. The summed E-state index contributed by atoms with van der Waals surface area (Å²) in [5, 5.41) is 5.34. The standard InChI is InChI=1S/C15H19N5O3.ClH/c1-18-6-7-23-12-5-3-2-4-9(12)11-8-10(13(16)21)14(19-11)20-15(17)22;/h2-5,8,18-19H,6-7H2,1H3,(H2,16,21)(H3,17,20,22);1H. The van der Waals surface area contributed by atoms with Gasteiger partial charge in [-0.25, -0.2) is 4.79 Å². The second-order valence-electron chi connectivity index (χ2n) is 4.77. The molecule has 2 rings (SSSR count). The van der Waals surface area contributed by atoms with Crippen molar-refractivity contribution in [2.75, 3.05) is 25.5 Å². The quantitative estimate of drug-likeness (QED) is 0.479. The molecular formula is C15H20ClN5O3. The van der Waals surface area contributed by atoms with Crippen LogP contribution >= 0.6 is 12.4 Å². The monoisotopic (exact) mass is 353 g/mol. The first-order valence-corrected chi connectivity index (χ1v) is 6.99. The molecule has 0 atom stereocenters. The van der Waals surface area contributed by atoms with Gasteiger partial charge in [-0.15, -0.1) is 12.4 Å². The van der Waals surface area contributed by atoms with Crippen LogP contribution in [0.2, 0.25) is 0 Å². The Bertz CT molecular complexity index is 717. The average molecular weight is 354 g/mol. The first-order valence-electron chi connectivity index (χ1n) is 6.99. The Balaban J connectivity index is 0.00000288. The van der Waals surface area contributed by atoms with E-state index in [2.05, 4.69) is 15.6 Å². The molecule has 0 radical (unpaired) electrons. The van der Waals surface area contributed by atoms with E-state index in [0.717, 1.165) is 5.56 Å². The van der Waals surface area contributed by atoms with Gasteiger partial charge in [0.15, 0.2) is 0 Å². The fourth-order valence-electron chi connectivity index (χ4n) is 2.09. The highest BCUT2D eigenvalue weighted by atomic mass is 35.5. The molecule has 0 bridgehead atoms. The fourth-order valence-corrected chi connectivity index (χ4v) is 2.09. The zero-order chi connectivity index (χ0) is 16.8. The van der Waals surface area contributed by atoms with Gasteiger partial charge in [-0.05, 0) is 25.2 Å². The van der Waals surface area contributed by atoms with Gasteiger partial charge < -0.3 is 26.5 Å². The summed E-state index contributed by atoms with van der Waals surface area (Å²) in [5.74, 6) is 0.125. The van der Waals surface area contributed by atoms with Gasteiger partial charge in [0, 0.05) is 12.1 Å². The van der Waals surface area contributed by atoms with Crippen molar-refractivity contribution in [3.05, 3.63) is 35.9 Å². The van der Waals surface area contributed by atoms with Crippen molar-refractivity contribution in [1.82, 2.24) is 10.3 Å². The molecule has 8 nitrogen and oxygen atoms in total. The summed E-state index contributed by atoms with van der Waals surface area (Å²) < 4.78 is 5.71. The minimum Gasteiger partial charge on any atom is -0.492 e. The number of primary amides is 2. The second-order valence-corrected chi connectivity index (χ2v) is 4.77. The Hall–Kier alpha value is -2.71. The van der Waals surface area contributed by atoms with E-state index in [1.54, 1.807) is 6.07 Å². The van der Waals surface area contributed by atoms with Gasteiger partial charge in [0.05, 0.1) is 11.3 Å². The number of likely N-dealkylation sites (N-methyl/N-ethyl adjacent to an activating group) is 1. The summed E-state index contributed by atoms with van der Waals surface area (Å²) in [5.41, 5.74) is 11.9. The predicted molar refractivity (Wildman–Crippen MR) is 94.6 cm³/mol. The van der Waals surface area contributed by atoms with Crippen LogP contribution in [-0.4, -0.2) is 37.1 Å². The summed E-state index contributed by atoms with van der Waals surface area (Å²) in [6.07, 6.45) is 0. The molecular weight excluding hydrogens is 334 g/mol. The number of amides is 3. The Morgan fingerprint density at radius 1 is 1.25 bits per heavy atom. The van der Waals surface area contributed by atoms with Crippen LogP contribution in [0.25, 0.3) is 11.3 Å². The molecule has 0 aliphatic rings. The molecule has 0 aliphatic heterocycles. The molecule has 0 spiro atoms. The van der Waals surface area contributed by atoms with Crippen molar-refractivity contribution in [2.24, 2.45) is 11.5 Å². The van der Waals surface area contributed by atoms with E-state index < -0.39 is 11.9 Å². The number of anilines is 1. The molecule has 1 aromatic heterocycles. The Morgan fingerprint density at radius 3 is 2.58 bits per heavy atom. The normalized spacial score (nSPS) is 9.88. The highest BCUT2D eigenvalue weighted by Gasteiger charge is 2.17. The highest BCUT2D eigenvalue weighted by molar-refractivity contribution is 6.03. The molecule has 9 heteroatoms. The lowest BCUT2D eigenvalue weighted by Crippen LogP contribution is -2.22. The average Bonchev–Trinajstić information content (AvgIpc) is 2.91. The Labute approximate surface area is 145 Å². The summed E-state index contributed by atoms with van der Waals surface area (Å²) >= 11 is 0. The van der Waals surface area contributed by atoms with E-state index in [1.165, 1.54) is 0 Å². The first kappa shape index (κ1) is 19.3. The van der Waals surface area contributed by atoms with E-state index in [-0.39, 0.29) is 23.8 Å². The van der Waals surface area contributed by atoms with Crippen molar-refractivity contribution in [3.63, 3.8) is 0 Å². The number of ether oxygens (including phenoxy) is 1. The number of halogens is 1. The summed E-state index contributed by atoms with van der Waals surface area (Å²) in [4.78, 5) is 25.5. The maximum Gasteiger partial charge on any atom is 0.317 e. The number of benzene rings is 1. The zero-order valence-corrected chi connectivity index (χ0v) is 13.9. The number of hydrogen-bond acceptors (Lipinski definition) is 4. The highest BCUT2D eigenvalue weighted by Crippen LogP contribution is 2.32. The molecule has 0 saturated carbocycles. The molecule has 0 unspecified atom stereocenters. The lowest BCUT2D eigenvalue weighted by molar-refractivity contribution is 0.100. The zero-order valence-electron chi connectivity index (χ0n) is 13.1. The maximum atomic E-state index is 11.5. The number of nitrogens with two attached hydrogens (primary N) is 2. The molecule has 0 saturated heterocycles. The molecule has 0 aliphatic carbocycles. The van der Waals surface area contributed by atoms with Crippen LogP contribution < -0.4 is 26.8 Å². The van der Waals surface area contributed by atoms with Crippen LogP contribution in [0, 0.1) is 0 Å². The van der Waals surface area contributed by atoms with Gasteiger partial charge >= 0.3 is 6.03 Å². The second kappa shape index (κ2) is 8.80. The number of rotatable bonds is 7. The van der Waals surface area contributed by atoms with Crippen LogP contribution in [0.1, 0.15) is 10.4 Å². The van der Waals surface area contributed by atoms with Crippen molar-refractivity contribution in [2.45, 2.75) is 0 Å². The molecule has 1 aromatic carbocycles. The third-order valence-corrected chi connectivity index (χ3v) is 3.12. The largest absolute Gasteiger partial charge is 0.492 e. The van der Waals surface area contributed by atoms with Crippen LogP contribution in [-0.2, 0) is 0 Å². The maximum absolute atomic E-state index is 11.5. The molecule has 24 heavy (non-hydrogen) atoms. The SMILES string of the molecule is CNCCOc1ccccc1-c1cc(C(N)=O)c(NC(N)=O)[nH]1.Cl. The van der Waals surface area contributed by atoms with Gasteiger partial charge in [-0.2, -0.15) is 0 Å². The third kappa shape index (κ3) is 4.64. The number of aromatic nitrogens is 1. The number of H-pyrrole nitrogens is 1. The first-order chi connectivity index (χ1) is 11.0. The molecule has 2 aromatic rings. The molecule has 0 fully saturated rings. The smallest absolute Gasteiger partial charge is 0.317 e. The van der Waals surface area contributed by atoms with Gasteiger partial charge in [-0.3, -0.25) is 10.1 Å². The lowest BCUT2D eigenvalue weighted by Gasteiger charge is -2.10. The van der Waals surface area contributed by atoms with Gasteiger partial charge in [0.2, 0.25) is 0 Å². The van der Waals surface area contributed by atoms with E-state index in [4.69, 9.17) is 16.2 Å². The summed E-state index contributed by atoms with van der Waals surface area (Å²) in [6, 6.07) is 8.09. The molecule has 130 valence electrons. The Kier molecular flexibility index (Phi) is 7.09. The van der Waals surface area contributed by atoms with Crippen molar-refractivity contribution in [3.8, 4) is 17.0 Å². The van der Waals surface area contributed by atoms with Gasteiger partial charge in [0.25, 0.3) is 5.91 Å². The van der Waals surface area contributed by atoms with Crippen molar-refractivity contribution >= 4 is 30.2 Å².